The molecule has 1 aliphatic rings. The van der Waals surface area contributed by atoms with Crippen LogP contribution in [0.4, 0.5) is 5.69 Å². The fraction of sp³-hybridized carbons (Fsp3) is 0.333. The van der Waals surface area contributed by atoms with Gasteiger partial charge in [0.25, 0.3) is 5.91 Å². The van der Waals surface area contributed by atoms with Crippen molar-refractivity contribution in [3.05, 3.63) is 64.8 Å². The lowest BCUT2D eigenvalue weighted by atomic mass is 10.1. The van der Waals surface area contributed by atoms with Crippen LogP contribution in [0.2, 0.25) is 0 Å². The van der Waals surface area contributed by atoms with Gasteiger partial charge in [0.05, 0.1) is 28.6 Å². The molecule has 1 unspecified atom stereocenters. The molecule has 1 fully saturated rings. The molecule has 5 nitrogen and oxygen atoms in total. The van der Waals surface area contributed by atoms with Gasteiger partial charge in [-0.1, -0.05) is 18.2 Å². The molecule has 0 aliphatic carbocycles. The van der Waals surface area contributed by atoms with Crippen LogP contribution < -0.4 is 10.1 Å². The fourth-order valence-corrected chi connectivity index (χ4v) is 3.60. The minimum atomic E-state index is -0.191. The standard InChI is InChI=1S/C24H26N2O3/c1-15-6-8-18-13-20(17(3)25-22(18)11-15)24(27)26-21-9-7-16(2)12-23(21)29-14-19-5-4-10-28-19/h6-9,11-13,19H,4-5,10,14H2,1-3H3,(H,26,27). The Kier molecular flexibility index (Phi) is 5.49. The first-order valence-corrected chi connectivity index (χ1v) is 10.0. The van der Waals surface area contributed by atoms with Crippen molar-refractivity contribution in [2.24, 2.45) is 0 Å². The Morgan fingerprint density at radius 1 is 1.14 bits per heavy atom. The summed E-state index contributed by atoms with van der Waals surface area (Å²) in [6.45, 7) is 7.18. The predicted molar refractivity (Wildman–Crippen MR) is 115 cm³/mol. The van der Waals surface area contributed by atoms with E-state index in [0.29, 0.717) is 29.3 Å². The second kappa shape index (κ2) is 8.21. The first kappa shape index (κ1) is 19.4. The largest absolute Gasteiger partial charge is 0.489 e. The molecule has 2 aromatic carbocycles. The van der Waals surface area contributed by atoms with Gasteiger partial charge in [0.15, 0.2) is 0 Å². The van der Waals surface area contributed by atoms with Gasteiger partial charge >= 0.3 is 0 Å². The summed E-state index contributed by atoms with van der Waals surface area (Å²) in [6.07, 6.45) is 2.20. The van der Waals surface area contributed by atoms with E-state index in [2.05, 4.69) is 10.3 Å². The van der Waals surface area contributed by atoms with Crippen LogP contribution in [0, 0.1) is 20.8 Å². The van der Waals surface area contributed by atoms with E-state index in [0.717, 1.165) is 41.5 Å². The molecule has 3 aromatic rings. The molecule has 0 spiro atoms. The topological polar surface area (TPSA) is 60.5 Å². The lowest BCUT2D eigenvalue weighted by Crippen LogP contribution is -2.18. The van der Waals surface area contributed by atoms with Gasteiger partial charge in [-0.05, 0) is 69.0 Å². The Labute approximate surface area is 171 Å². The number of hydrogen-bond acceptors (Lipinski definition) is 4. The number of ether oxygens (including phenoxy) is 2. The van der Waals surface area contributed by atoms with Crippen molar-refractivity contribution in [1.82, 2.24) is 4.98 Å². The van der Waals surface area contributed by atoms with E-state index in [1.807, 2.05) is 63.2 Å². The van der Waals surface area contributed by atoms with E-state index in [1.54, 1.807) is 0 Å². The third kappa shape index (κ3) is 4.40. The molecule has 1 aliphatic heterocycles. The molecule has 29 heavy (non-hydrogen) atoms. The maximum atomic E-state index is 13.0. The van der Waals surface area contributed by atoms with Crippen molar-refractivity contribution in [1.29, 1.82) is 0 Å². The number of nitrogens with one attached hydrogen (secondary N) is 1. The third-order valence-corrected chi connectivity index (χ3v) is 5.24. The smallest absolute Gasteiger partial charge is 0.257 e. The second-order valence-electron chi connectivity index (χ2n) is 7.72. The van der Waals surface area contributed by atoms with Gasteiger partial charge < -0.3 is 14.8 Å². The van der Waals surface area contributed by atoms with Crippen LogP contribution >= 0.6 is 0 Å². The Morgan fingerprint density at radius 2 is 1.93 bits per heavy atom. The number of nitrogens with zero attached hydrogens (tertiary/aromatic N) is 1. The number of anilines is 1. The van der Waals surface area contributed by atoms with Crippen LogP contribution in [0.1, 0.15) is 40.0 Å². The molecule has 0 radical (unpaired) electrons. The first-order chi connectivity index (χ1) is 14.0. The summed E-state index contributed by atoms with van der Waals surface area (Å²) in [4.78, 5) is 17.6. The number of benzene rings is 2. The lowest BCUT2D eigenvalue weighted by molar-refractivity contribution is 0.0681. The molecular formula is C24H26N2O3. The normalized spacial score (nSPS) is 16.2. The first-order valence-electron chi connectivity index (χ1n) is 10.0. The molecule has 1 N–H and O–H groups in total. The number of pyridine rings is 1. The number of carbonyl (C=O) groups excluding carboxylic acids is 1. The van der Waals surface area contributed by atoms with Gasteiger partial charge in [0.1, 0.15) is 12.4 Å². The summed E-state index contributed by atoms with van der Waals surface area (Å²) in [7, 11) is 0. The molecule has 0 bridgehead atoms. The van der Waals surface area contributed by atoms with E-state index in [9.17, 15) is 4.79 Å². The Bertz CT molecular complexity index is 1060. The lowest BCUT2D eigenvalue weighted by Gasteiger charge is -2.16. The molecule has 1 amide bonds. The van der Waals surface area contributed by atoms with Crippen LogP contribution in [-0.2, 0) is 4.74 Å². The number of rotatable bonds is 5. The second-order valence-corrected chi connectivity index (χ2v) is 7.72. The quantitative estimate of drug-likeness (QED) is 0.668. The fourth-order valence-electron chi connectivity index (χ4n) is 3.60. The highest BCUT2D eigenvalue weighted by molar-refractivity contribution is 6.07. The highest BCUT2D eigenvalue weighted by Crippen LogP contribution is 2.28. The zero-order chi connectivity index (χ0) is 20.4. The van der Waals surface area contributed by atoms with Crippen molar-refractivity contribution >= 4 is 22.5 Å². The van der Waals surface area contributed by atoms with Crippen molar-refractivity contribution in [3.8, 4) is 5.75 Å². The Hall–Kier alpha value is -2.92. The highest BCUT2D eigenvalue weighted by atomic mass is 16.5. The van der Waals surface area contributed by atoms with Gasteiger partial charge in [-0.15, -0.1) is 0 Å². The maximum Gasteiger partial charge on any atom is 0.257 e. The Morgan fingerprint density at radius 3 is 2.72 bits per heavy atom. The van der Waals surface area contributed by atoms with Crippen LogP contribution in [0.3, 0.4) is 0 Å². The average Bonchev–Trinajstić information content (AvgIpc) is 3.21. The van der Waals surface area contributed by atoms with Crippen LogP contribution in [0.5, 0.6) is 5.75 Å². The monoisotopic (exact) mass is 390 g/mol. The molecule has 1 aromatic heterocycles. The zero-order valence-electron chi connectivity index (χ0n) is 17.1. The van der Waals surface area contributed by atoms with Crippen molar-refractivity contribution in [3.63, 3.8) is 0 Å². The van der Waals surface area contributed by atoms with Crippen LogP contribution in [0.15, 0.2) is 42.5 Å². The number of carbonyl (C=O) groups is 1. The number of amides is 1. The van der Waals surface area contributed by atoms with Crippen molar-refractivity contribution in [2.75, 3.05) is 18.5 Å². The van der Waals surface area contributed by atoms with E-state index in [1.165, 1.54) is 0 Å². The van der Waals surface area contributed by atoms with E-state index in [4.69, 9.17) is 9.47 Å². The summed E-state index contributed by atoms with van der Waals surface area (Å²) < 4.78 is 11.6. The van der Waals surface area contributed by atoms with Gasteiger partial charge in [-0.3, -0.25) is 9.78 Å². The molecule has 1 saturated heterocycles. The van der Waals surface area contributed by atoms with Crippen molar-refractivity contribution < 1.29 is 14.3 Å². The average molecular weight is 390 g/mol. The molecule has 0 saturated carbocycles. The van der Waals surface area contributed by atoms with Gasteiger partial charge in [0, 0.05) is 12.0 Å². The van der Waals surface area contributed by atoms with Crippen molar-refractivity contribution in [2.45, 2.75) is 39.7 Å². The zero-order valence-corrected chi connectivity index (χ0v) is 17.1. The molecule has 2 heterocycles. The minimum absolute atomic E-state index is 0.120. The Balaban J connectivity index is 1.57. The van der Waals surface area contributed by atoms with Crippen LogP contribution in [0.25, 0.3) is 10.9 Å². The molecular weight excluding hydrogens is 364 g/mol. The number of hydrogen-bond donors (Lipinski definition) is 1. The number of fused-ring (bicyclic) bond motifs is 1. The summed E-state index contributed by atoms with van der Waals surface area (Å²) in [6, 6.07) is 13.7. The van der Waals surface area contributed by atoms with Gasteiger partial charge in [0.2, 0.25) is 0 Å². The minimum Gasteiger partial charge on any atom is -0.489 e. The maximum absolute atomic E-state index is 13.0. The molecule has 5 heteroatoms. The number of aromatic nitrogens is 1. The molecule has 4 rings (SSSR count). The third-order valence-electron chi connectivity index (χ3n) is 5.24. The summed E-state index contributed by atoms with van der Waals surface area (Å²) in [5.74, 6) is 0.471. The summed E-state index contributed by atoms with van der Waals surface area (Å²) >= 11 is 0. The highest BCUT2D eigenvalue weighted by Gasteiger charge is 2.18. The van der Waals surface area contributed by atoms with Gasteiger partial charge in [-0.25, -0.2) is 0 Å². The van der Waals surface area contributed by atoms with Gasteiger partial charge in [-0.2, -0.15) is 0 Å². The van der Waals surface area contributed by atoms with Crippen LogP contribution in [-0.4, -0.2) is 30.2 Å². The summed E-state index contributed by atoms with van der Waals surface area (Å²) in [5.41, 5.74) is 5.04. The van der Waals surface area contributed by atoms with E-state index >= 15 is 0 Å². The number of aryl methyl sites for hydroxylation is 3. The predicted octanol–water partition coefficient (Wildman–Crippen LogP) is 4.97. The molecule has 150 valence electrons. The SMILES string of the molecule is Cc1ccc(NC(=O)c2cc3ccc(C)cc3nc2C)c(OCC2CCCO2)c1. The molecule has 1 atom stereocenters. The van der Waals surface area contributed by atoms with E-state index in [-0.39, 0.29) is 12.0 Å². The van der Waals surface area contributed by atoms with E-state index < -0.39 is 0 Å². The summed E-state index contributed by atoms with van der Waals surface area (Å²) in [5, 5.41) is 3.95.